The number of benzene rings is 1. The lowest BCUT2D eigenvalue weighted by Gasteiger charge is -2.55. The molecule has 0 fully saturated rings. The molecular formula is C21H24ClN2-. The Hall–Kier alpha value is -1.51. The number of nitrogens with zero attached hydrogens (tertiary/aromatic N) is 1. The lowest BCUT2D eigenvalue weighted by Crippen LogP contribution is -2.46. The molecule has 24 heavy (non-hydrogen) atoms. The fourth-order valence-electron chi connectivity index (χ4n) is 4.79. The maximum Gasteiger partial charge on any atom is 0.0463 e. The summed E-state index contributed by atoms with van der Waals surface area (Å²) in [6.07, 6.45) is 5.03. The lowest BCUT2D eigenvalue weighted by atomic mass is 9.58. The van der Waals surface area contributed by atoms with Crippen molar-refractivity contribution in [3.05, 3.63) is 59.1 Å². The molecular weight excluding hydrogens is 316 g/mol. The van der Waals surface area contributed by atoms with Crippen LogP contribution in [-0.4, -0.2) is 23.5 Å². The van der Waals surface area contributed by atoms with E-state index in [1.54, 1.807) is 0 Å². The average molecular weight is 340 g/mol. The number of hydrogen-bond donors (Lipinski definition) is 1. The van der Waals surface area contributed by atoms with E-state index in [2.05, 4.69) is 56.7 Å². The van der Waals surface area contributed by atoms with Gasteiger partial charge in [-0.1, -0.05) is 56.2 Å². The topological polar surface area (TPSA) is 29.9 Å². The maximum absolute atomic E-state index is 6.88. The molecule has 0 saturated heterocycles. The van der Waals surface area contributed by atoms with Crippen LogP contribution >= 0.6 is 11.6 Å². The molecule has 0 amide bonds. The molecule has 0 spiro atoms. The lowest BCUT2D eigenvalue weighted by molar-refractivity contribution is 0.357. The van der Waals surface area contributed by atoms with Crippen molar-refractivity contribution < 1.29 is 0 Å². The Morgan fingerprint density at radius 1 is 1.33 bits per heavy atom. The summed E-state index contributed by atoms with van der Waals surface area (Å²) in [7, 11) is 1.91. The zero-order chi connectivity index (χ0) is 17.3. The van der Waals surface area contributed by atoms with E-state index in [1.807, 2.05) is 13.1 Å². The van der Waals surface area contributed by atoms with Crippen molar-refractivity contribution in [2.45, 2.75) is 44.0 Å². The summed E-state index contributed by atoms with van der Waals surface area (Å²) in [5, 5.41) is 6.13. The second-order valence-corrected chi connectivity index (χ2v) is 8.38. The number of halogens is 1. The molecule has 3 atom stereocenters. The summed E-state index contributed by atoms with van der Waals surface area (Å²) < 4.78 is 0. The number of rotatable bonds is 2. The fourth-order valence-corrected chi connectivity index (χ4v) is 5.15. The molecule has 3 heteroatoms. The number of allylic oxidation sites excluding steroid dienone is 1. The monoisotopic (exact) mass is 339 g/mol. The first-order valence-electron chi connectivity index (χ1n) is 8.57. The first-order chi connectivity index (χ1) is 11.4. The Balaban J connectivity index is 2.09. The van der Waals surface area contributed by atoms with E-state index in [9.17, 15) is 0 Å². The van der Waals surface area contributed by atoms with E-state index in [4.69, 9.17) is 16.9 Å². The number of aromatic nitrogens is 1. The fraction of sp³-hybridized carbons (Fsp3) is 0.429. The number of fused-ring (bicyclic) bond motifs is 1. The summed E-state index contributed by atoms with van der Waals surface area (Å²) in [5.41, 5.74) is 6.39. The first-order valence-corrected chi connectivity index (χ1v) is 9.01. The van der Waals surface area contributed by atoms with Crippen molar-refractivity contribution in [1.29, 1.82) is 0 Å². The predicted molar refractivity (Wildman–Crippen MR) is 104 cm³/mol. The Labute approximate surface area is 149 Å². The van der Waals surface area contributed by atoms with Crippen LogP contribution in [0.3, 0.4) is 0 Å². The van der Waals surface area contributed by atoms with E-state index >= 15 is 0 Å². The van der Waals surface area contributed by atoms with Crippen molar-refractivity contribution in [2.75, 3.05) is 7.05 Å². The number of alkyl halides is 1. The zero-order valence-electron chi connectivity index (χ0n) is 14.8. The molecule has 1 aromatic carbocycles. The minimum Gasteiger partial charge on any atom is -0.658 e. The molecule has 0 radical (unpaired) electrons. The highest BCUT2D eigenvalue weighted by Crippen LogP contribution is 2.57. The smallest absolute Gasteiger partial charge is 0.0463 e. The Morgan fingerprint density at radius 3 is 2.75 bits per heavy atom. The van der Waals surface area contributed by atoms with Crippen molar-refractivity contribution in [1.82, 2.24) is 4.98 Å². The number of aromatic amines is 1. The molecule has 2 aliphatic carbocycles. The van der Waals surface area contributed by atoms with E-state index < -0.39 is 0 Å². The summed E-state index contributed by atoms with van der Waals surface area (Å²) in [6.45, 7) is 10.9. The second-order valence-electron chi connectivity index (χ2n) is 7.85. The van der Waals surface area contributed by atoms with Gasteiger partial charge in [0.1, 0.15) is 0 Å². The van der Waals surface area contributed by atoms with Gasteiger partial charge in [0.15, 0.2) is 0 Å². The van der Waals surface area contributed by atoms with E-state index in [-0.39, 0.29) is 22.2 Å². The average Bonchev–Trinajstić information content (AvgIpc) is 2.99. The molecule has 0 bridgehead atoms. The van der Waals surface area contributed by atoms with Crippen LogP contribution in [0.5, 0.6) is 0 Å². The Kier molecular flexibility index (Phi) is 3.33. The van der Waals surface area contributed by atoms with Gasteiger partial charge in [0.05, 0.1) is 0 Å². The molecule has 2 nitrogen and oxygen atoms in total. The van der Waals surface area contributed by atoms with Crippen LogP contribution < -0.4 is 0 Å². The Bertz CT molecular complexity index is 873. The highest BCUT2D eigenvalue weighted by atomic mass is 35.5. The van der Waals surface area contributed by atoms with Crippen LogP contribution in [0, 0.1) is 5.41 Å². The molecule has 1 aromatic heterocycles. The zero-order valence-corrected chi connectivity index (χ0v) is 15.5. The van der Waals surface area contributed by atoms with Gasteiger partial charge < -0.3 is 10.3 Å². The van der Waals surface area contributed by atoms with Gasteiger partial charge in [0.2, 0.25) is 0 Å². The number of H-pyrrole nitrogens is 1. The van der Waals surface area contributed by atoms with Crippen LogP contribution in [-0.2, 0) is 5.41 Å². The molecule has 4 rings (SSSR count). The van der Waals surface area contributed by atoms with Gasteiger partial charge in [-0.3, -0.25) is 0 Å². The maximum atomic E-state index is 6.88. The summed E-state index contributed by atoms with van der Waals surface area (Å²) in [5.74, 6) is 0. The van der Waals surface area contributed by atoms with Crippen LogP contribution in [0.25, 0.3) is 21.8 Å². The van der Waals surface area contributed by atoms with Crippen LogP contribution in [0.1, 0.15) is 38.3 Å². The van der Waals surface area contributed by atoms with Crippen molar-refractivity contribution in [3.63, 3.8) is 0 Å². The SMILES string of the molecule is C=C[C@@]1(C)[C@H](Cl)CC2=C(c3c[nH]c4cccc(c34)C2(C)C)[C@H]1[N-]C. The first kappa shape index (κ1) is 16.0. The third kappa shape index (κ3) is 1.76. The van der Waals surface area contributed by atoms with Gasteiger partial charge in [-0.05, 0) is 23.5 Å². The summed E-state index contributed by atoms with van der Waals surface area (Å²) in [4.78, 5) is 3.46. The highest BCUT2D eigenvalue weighted by molar-refractivity contribution is 6.22. The molecule has 126 valence electrons. The van der Waals surface area contributed by atoms with Crippen molar-refractivity contribution in [3.8, 4) is 0 Å². The van der Waals surface area contributed by atoms with Gasteiger partial charge in [-0.15, -0.1) is 18.2 Å². The van der Waals surface area contributed by atoms with Crippen molar-refractivity contribution >= 4 is 28.1 Å². The summed E-state index contributed by atoms with van der Waals surface area (Å²) in [6, 6.07) is 6.59. The molecule has 2 aliphatic rings. The van der Waals surface area contributed by atoms with Crippen molar-refractivity contribution in [2.24, 2.45) is 5.41 Å². The molecule has 1 N–H and O–H groups in total. The van der Waals surface area contributed by atoms with Crippen LogP contribution in [0.2, 0.25) is 0 Å². The molecule has 1 heterocycles. The third-order valence-electron chi connectivity index (χ3n) is 6.37. The van der Waals surface area contributed by atoms with Gasteiger partial charge in [-0.2, -0.15) is 7.05 Å². The second kappa shape index (κ2) is 5.00. The van der Waals surface area contributed by atoms with Gasteiger partial charge in [0.25, 0.3) is 0 Å². The molecule has 0 aliphatic heterocycles. The third-order valence-corrected chi connectivity index (χ3v) is 6.99. The van der Waals surface area contributed by atoms with E-state index in [0.717, 1.165) is 6.42 Å². The van der Waals surface area contributed by atoms with Gasteiger partial charge in [-0.25, -0.2) is 0 Å². The number of nitrogens with one attached hydrogen (secondary N) is 1. The number of hydrogen-bond acceptors (Lipinski definition) is 0. The van der Waals surface area contributed by atoms with Crippen LogP contribution in [0.15, 0.2) is 42.6 Å². The standard InChI is InChI=1S/C21H24ClN2/c1-6-21(4)16(22)10-14-18(19(21)23-5)12-11-24-15-9-7-8-13(17(12)15)20(14,2)3/h6-9,11,16,19,24H,1,10H2,2-5H3/q-1/t16-,19-,21+/m1/s1. The minimum atomic E-state index is -0.235. The van der Waals surface area contributed by atoms with Gasteiger partial charge in [0, 0.05) is 33.5 Å². The van der Waals surface area contributed by atoms with Crippen LogP contribution in [0.4, 0.5) is 0 Å². The molecule has 0 saturated carbocycles. The summed E-state index contributed by atoms with van der Waals surface area (Å²) >= 11 is 6.88. The normalized spacial score (nSPS) is 31.2. The van der Waals surface area contributed by atoms with Gasteiger partial charge >= 0.3 is 0 Å². The highest BCUT2D eigenvalue weighted by Gasteiger charge is 2.46. The van der Waals surface area contributed by atoms with E-state index in [1.165, 1.54) is 33.2 Å². The quantitative estimate of drug-likeness (QED) is 0.530. The van der Waals surface area contributed by atoms with E-state index in [0.29, 0.717) is 0 Å². The number of likely N-dealkylation sites (N-methyl/N-ethyl adjacent to an activating group) is 1. The predicted octanol–water partition coefficient (Wildman–Crippen LogP) is 5.79. The molecule has 0 unspecified atom stereocenters. The Morgan fingerprint density at radius 2 is 2.08 bits per heavy atom. The largest absolute Gasteiger partial charge is 0.658 e. The molecule has 2 aromatic rings. The minimum absolute atomic E-state index is 0.00131.